The van der Waals surface area contributed by atoms with E-state index in [2.05, 4.69) is 16.6 Å². The Balaban J connectivity index is 2.03. The Kier molecular flexibility index (Phi) is 5.68. The summed E-state index contributed by atoms with van der Waals surface area (Å²) >= 11 is 8.00. The third-order valence-electron chi connectivity index (χ3n) is 2.96. The molecule has 0 spiro atoms. The van der Waals surface area contributed by atoms with Gasteiger partial charge in [-0.05, 0) is 37.0 Å². The van der Waals surface area contributed by atoms with Gasteiger partial charge in [-0.1, -0.05) is 29.8 Å². The largest absolute Gasteiger partial charge is 0.351 e. The smallest absolute Gasteiger partial charge is 0.269 e. The molecule has 3 nitrogen and oxygen atoms in total. The average molecular weight is 309 g/mol. The van der Waals surface area contributed by atoms with Crippen LogP contribution in [0.1, 0.15) is 23.3 Å². The zero-order chi connectivity index (χ0) is 14.4. The van der Waals surface area contributed by atoms with Gasteiger partial charge in [0.25, 0.3) is 5.91 Å². The minimum Gasteiger partial charge on any atom is -0.351 e. The van der Waals surface area contributed by atoms with Crippen molar-refractivity contribution in [1.29, 1.82) is 0 Å². The van der Waals surface area contributed by atoms with Crippen molar-refractivity contribution in [1.82, 2.24) is 10.3 Å². The Morgan fingerprint density at radius 3 is 2.95 bits per heavy atom. The second-order valence-electron chi connectivity index (χ2n) is 4.46. The SMILES string of the molecule is CSCCCCNC(=O)c1cc(Cl)c2ccccc2n1. The predicted octanol–water partition coefficient (Wildman–Crippen LogP) is 3.76. The van der Waals surface area contributed by atoms with E-state index >= 15 is 0 Å². The van der Waals surface area contributed by atoms with Crippen LogP contribution in [0.15, 0.2) is 30.3 Å². The van der Waals surface area contributed by atoms with Crippen LogP contribution in [0, 0.1) is 0 Å². The summed E-state index contributed by atoms with van der Waals surface area (Å²) in [5.74, 6) is 0.956. The van der Waals surface area contributed by atoms with Gasteiger partial charge in [0.2, 0.25) is 0 Å². The van der Waals surface area contributed by atoms with Crippen LogP contribution in [0.4, 0.5) is 0 Å². The molecule has 1 heterocycles. The maximum Gasteiger partial charge on any atom is 0.269 e. The predicted molar refractivity (Wildman–Crippen MR) is 86.7 cm³/mol. The Morgan fingerprint density at radius 1 is 1.35 bits per heavy atom. The van der Waals surface area contributed by atoms with Gasteiger partial charge in [-0.3, -0.25) is 4.79 Å². The number of carbonyl (C=O) groups is 1. The third-order valence-corrected chi connectivity index (χ3v) is 3.97. The lowest BCUT2D eigenvalue weighted by Gasteiger charge is -2.06. The van der Waals surface area contributed by atoms with Gasteiger partial charge >= 0.3 is 0 Å². The molecule has 2 aromatic rings. The van der Waals surface area contributed by atoms with Crippen molar-refractivity contribution in [3.63, 3.8) is 0 Å². The molecule has 0 saturated heterocycles. The first kappa shape index (κ1) is 15.1. The highest BCUT2D eigenvalue weighted by Gasteiger charge is 2.10. The van der Waals surface area contributed by atoms with Gasteiger partial charge in [0.05, 0.1) is 10.5 Å². The van der Waals surface area contributed by atoms with E-state index in [-0.39, 0.29) is 5.91 Å². The first-order valence-electron chi connectivity index (χ1n) is 6.55. The van der Waals surface area contributed by atoms with E-state index in [0.29, 0.717) is 17.3 Å². The number of aromatic nitrogens is 1. The van der Waals surface area contributed by atoms with Crippen LogP contribution >= 0.6 is 23.4 Å². The summed E-state index contributed by atoms with van der Waals surface area (Å²) in [6.07, 6.45) is 4.17. The lowest BCUT2D eigenvalue weighted by atomic mass is 10.2. The Hall–Kier alpha value is -1.26. The molecule has 5 heteroatoms. The Bertz CT molecular complexity index is 603. The van der Waals surface area contributed by atoms with Crippen LogP contribution < -0.4 is 5.32 Å². The van der Waals surface area contributed by atoms with Gasteiger partial charge < -0.3 is 5.32 Å². The molecule has 0 aliphatic rings. The molecule has 0 aliphatic heterocycles. The standard InChI is InChI=1S/C15H17ClN2OS/c1-20-9-5-4-8-17-15(19)14-10-12(16)11-6-2-3-7-13(11)18-14/h2-3,6-7,10H,4-5,8-9H2,1H3,(H,17,19). The van der Waals surface area contributed by atoms with Crippen molar-refractivity contribution in [2.24, 2.45) is 0 Å². The fraction of sp³-hybridized carbons (Fsp3) is 0.333. The van der Waals surface area contributed by atoms with Crippen molar-refractivity contribution in [2.75, 3.05) is 18.6 Å². The lowest BCUT2D eigenvalue weighted by Crippen LogP contribution is -2.25. The maximum absolute atomic E-state index is 12.0. The number of amides is 1. The average Bonchev–Trinajstić information content (AvgIpc) is 2.47. The zero-order valence-corrected chi connectivity index (χ0v) is 12.9. The van der Waals surface area contributed by atoms with Crippen LogP contribution in [0.25, 0.3) is 10.9 Å². The van der Waals surface area contributed by atoms with Crippen molar-refractivity contribution >= 4 is 40.2 Å². The summed E-state index contributed by atoms with van der Waals surface area (Å²) in [6.45, 7) is 0.672. The molecule has 0 unspecified atom stereocenters. The summed E-state index contributed by atoms with van der Waals surface area (Å²) in [5.41, 5.74) is 1.12. The number of carbonyl (C=O) groups excluding carboxylic acids is 1. The van der Waals surface area contributed by atoms with E-state index in [4.69, 9.17) is 11.6 Å². The molecular formula is C15H17ClN2OS. The minimum atomic E-state index is -0.165. The summed E-state index contributed by atoms with van der Waals surface area (Å²) < 4.78 is 0. The molecule has 1 aromatic carbocycles. The number of hydrogen-bond acceptors (Lipinski definition) is 3. The number of nitrogens with zero attached hydrogens (tertiary/aromatic N) is 1. The summed E-state index contributed by atoms with van der Waals surface area (Å²) in [5, 5.41) is 4.31. The van der Waals surface area contributed by atoms with Crippen LogP contribution in [-0.2, 0) is 0 Å². The lowest BCUT2D eigenvalue weighted by molar-refractivity contribution is 0.0948. The van der Waals surface area contributed by atoms with Gasteiger partial charge in [0.1, 0.15) is 5.69 Å². The molecule has 0 atom stereocenters. The number of unbranched alkanes of at least 4 members (excludes halogenated alkanes) is 1. The molecule has 0 radical (unpaired) electrons. The first-order valence-corrected chi connectivity index (χ1v) is 8.32. The molecule has 0 bridgehead atoms. The van der Waals surface area contributed by atoms with Crippen LogP contribution in [0.2, 0.25) is 5.02 Å². The number of rotatable bonds is 6. The highest BCUT2D eigenvalue weighted by molar-refractivity contribution is 7.98. The maximum atomic E-state index is 12.0. The zero-order valence-electron chi connectivity index (χ0n) is 11.4. The normalized spacial score (nSPS) is 10.7. The van der Waals surface area contributed by atoms with E-state index < -0.39 is 0 Å². The molecular weight excluding hydrogens is 292 g/mol. The van der Waals surface area contributed by atoms with Crippen LogP contribution in [0.5, 0.6) is 0 Å². The number of thioether (sulfide) groups is 1. The number of para-hydroxylation sites is 1. The quantitative estimate of drug-likeness (QED) is 0.826. The van der Waals surface area contributed by atoms with Crippen LogP contribution in [0.3, 0.4) is 0 Å². The number of pyridine rings is 1. The highest BCUT2D eigenvalue weighted by Crippen LogP contribution is 2.22. The second kappa shape index (κ2) is 7.50. The van der Waals surface area contributed by atoms with Gasteiger partial charge in [-0.25, -0.2) is 4.98 Å². The van der Waals surface area contributed by atoms with Gasteiger partial charge in [0.15, 0.2) is 0 Å². The van der Waals surface area contributed by atoms with Crippen molar-refractivity contribution < 1.29 is 4.79 Å². The molecule has 1 N–H and O–H groups in total. The molecule has 0 fully saturated rings. The molecule has 20 heavy (non-hydrogen) atoms. The monoisotopic (exact) mass is 308 g/mol. The minimum absolute atomic E-state index is 0.165. The molecule has 106 valence electrons. The number of benzene rings is 1. The van der Waals surface area contributed by atoms with Crippen molar-refractivity contribution in [3.05, 3.63) is 41.0 Å². The molecule has 2 rings (SSSR count). The number of hydrogen-bond donors (Lipinski definition) is 1. The molecule has 0 saturated carbocycles. The van der Waals surface area contributed by atoms with Gasteiger partial charge in [-0.2, -0.15) is 11.8 Å². The van der Waals surface area contributed by atoms with E-state index in [9.17, 15) is 4.79 Å². The van der Waals surface area contributed by atoms with Crippen molar-refractivity contribution in [3.8, 4) is 0 Å². The molecule has 1 aromatic heterocycles. The van der Waals surface area contributed by atoms with E-state index in [1.54, 1.807) is 6.07 Å². The number of halogens is 1. The summed E-state index contributed by atoms with van der Waals surface area (Å²) in [4.78, 5) is 16.4. The second-order valence-corrected chi connectivity index (χ2v) is 5.86. The summed E-state index contributed by atoms with van der Waals surface area (Å²) in [6, 6.07) is 9.17. The fourth-order valence-electron chi connectivity index (χ4n) is 1.91. The van der Waals surface area contributed by atoms with E-state index in [1.807, 2.05) is 36.0 Å². The van der Waals surface area contributed by atoms with Gasteiger partial charge in [0, 0.05) is 11.9 Å². The molecule has 0 aliphatic carbocycles. The third kappa shape index (κ3) is 3.87. The number of fused-ring (bicyclic) bond motifs is 1. The summed E-state index contributed by atoms with van der Waals surface area (Å²) in [7, 11) is 0. The van der Waals surface area contributed by atoms with Crippen LogP contribution in [-0.4, -0.2) is 29.4 Å². The topological polar surface area (TPSA) is 42.0 Å². The van der Waals surface area contributed by atoms with E-state index in [0.717, 1.165) is 29.5 Å². The number of nitrogens with one attached hydrogen (secondary N) is 1. The Morgan fingerprint density at radius 2 is 2.15 bits per heavy atom. The Labute approximate surface area is 128 Å². The van der Waals surface area contributed by atoms with Gasteiger partial charge in [-0.15, -0.1) is 0 Å². The fourth-order valence-corrected chi connectivity index (χ4v) is 2.67. The highest BCUT2D eigenvalue weighted by atomic mass is 35.5. The molecule has 1 amide bonds. The van der Waals surface area contributed by atoms with E-state index in [1.165, 1.54) is 0 Å². The first-order chi connectivity index (χ1) is 9.72. The van der Waals surface area contributed by atoms with Crippen molar-refractivity contribution in [2.45, 2.75) is 12.8 Å².